The second kappa shape index (κ2) is 14.7. The van der Waals surface area contributed by atoms with Crippen molar-refractivity contribution in [2.24, 2.45) is 5.41 Å². The number of carbonyl (C=O) groups is 3. The number of aliphatic hydroxyl groups excluding tert-OH is 3. The SMILES string of the molecule is C=C(C)C(=O)OCC(CO)(CO)CO.C=C(CC(=O)O)C(=O)O.[H-].[K+]. The predicted octanol–water partition coefficient (Wildman–Crippen LogP) is -3.71. The van der Waals surface area contributed by atoms with Gasteiger partial charge in [-0.3, -0.25) is 4.79 Å². The van der Waals surface area contributed by atoms with Gasteiger partial charge in [-0.2, -0.15) is 0 Å². The maximum atomic E-state index is 11.0. The van der Waals surface area contributed by atoms with Crippen LogP contribution in [0.25, 0.3) is 0 Å². The van der Waals surface area contributed by atoms with Crippen molar-refractivity contribution in [2.75, 3.05) is 26.4 Å². The molecule has 0 atom stereocenters. The number of hydrogen-bond acceptors (Lipinski definition) is 7. The van der Waals surface area contributed by atoms with Gasteiger partial charge in [0.15, 0.2) is 0 Å². The van der Waals surface area contributed by atoms with Gasteiger partial charge in [-0.25, -0.2) is 9.59 Å². The van der Waals surface area contributed by atoms with E-state index in [-0.39, 0.29) is 70.6 Å². The van der Waals surface area contributed by atoms with Crippen molar-refractivity contribution in [2.45, 2.75) is 13.3 Å². The van der Waals surface area contributed by atoms with Gasteiger partial charge in [0.05, 0.1) is 31.7 Å². The number of carbonyl (C=O) groups excluding carboxylic acids is 1. The first-order valence-electron chi connectivity index (χ1n) is 6.33. The minimum absolute atomic E-state index is 0. The van der Waals surface area contributed by atoms with Crippen molar-refractivity contribution < 1.29 is 97.5 Å². The van der Waals surface area contributed by atoms with Gasteiger partial charge in [0, 0.05) is 11.1 Å². The second-order valence-electron chi connectivity index (χ2n) is 4.81. The van der Waals surface area contributed by atoms with E-state index in [4.69, 9.17) is 30.3 Å². The normalized spacial score (nSPS) is 9.67. The van der Waals surface area contributed by atoms with Crippen molar-refractivity contribution in [1.82, 2.24) is 0 Å². The minimum Gasteiger partial charge on any atom is -1.00 e. The topological polar surface area (TPSA) is 162 Å². The molecule has 0 radical (unpaired) electrons. The van der Waals surface area contributed by atoms with Crippen LogP contribution in [0, 0.1) is 5.41 Å². The third-order valence-electron chi connectivity index (χ3n) is 2.53. The summed E-state index contributed by atoms with van der Waals surface area (Å²) < 4.78 is 4.72. The standard InChI is InChI=1S/C9H16O5.C5H6O4.K.H/c1-7(2)8(13)14-6-9(3-10,4-11)5-12;1-3(5(8)9)2-4(6)7;;/h10-12H,1,3-6H2,2H3;1-2H2,(H,6,7)(H,8,9);;/q;;+1;-1. The number of hydrogen-bond donors (Lipinski definition) is 5. The summed E-state index contributed by atoms with van der Waals surface area (Å²) in [6, 6.07) is 0. The van der Waals surface area contributed by atoms with E-state index in [1.807, 2.05) is 0 Å². The Bertz CT molecular complexity index is 453. The molecular formula is C14H23KO9. The van der Waals surface area contributed by atoms with Crippen LogP contribution < -0.4 is 51.4 Å². The van der Waals surface area contributed by atoms with E-state index < -0.39 is 49.6 Å². The fraction of sp³-hybridized carbons (Fsp3) is 0.500. The van der Waals surface area contributed by atoms with Gasteiger partial charge >= 0.3 is 69.3 Å². The molecule has 134 valence electrons. The first-order valence-corrected chi connectivity index (χ1v) is 6.33. The molecule has 0 aromatic heterocycles. The smallest absolute Gasteiger partial charge is 1.00 e. The van der Waals surface area contributed by atoms with Crippen LogP contribution in [-0.4, -0.2) is 69.9 Å². The van der Waals surface area contributed by atoms with E-state index in [0.29, 0.717) is 0 Å². The molecule has 10 heteroatoms. The van der Waals surface area contributed by atoms with E-state index >= 15 is 0 Å². The van der Waals surface area contributed by atoms with Gasteiger partial charge in [-0.1, -0.05) is 13.2 Å². The van der Waals surface area contributed by atoms with Crippen LogP contribution in [0.4, 0.5) is 0 Å². The summed E-state index contributed by atoms with van der Waals surface area (Å²) in [7, 11) is 0. The van der Waals surface area contributed by atoms with Gasteiger partial charge in [0.1, 0.15) is 6.61 Å². The van der Waals surface area contributed by atoms with Crippen LogP contribution in [0.3, 0.4) is 0 Å². The molecule has 0 amide bonds. The number of aliphatic carboxylic acids is 2. The molecule has 5 N–H and O–H groups in total. The van der Waals surface area contributed by atoms with Gasteiger partial charge < -0.3 is 31.7 Å². The molecule has 0 heterocycles. The van der Waals surface area contributed by atoms with Gasteiger partial charge in [-0.15, -0.1) is 0 Å². The van der Waals surface area contributed by atoms with E-state index in [1.165, 1.54) is 6.92 Å². The Balaban J connectivity index is -0.000000177. The van der Waals surface area contributed by atoms with Crippen LogP contribution in [0.15, 0.2) is 24.3 Å². The largest absolute Gasteiger partial charge is 1.00 e. The van der Waals surface area contributed by atoms with E-state index in [9.17, 15) is 14.4 Å². The minimum atomic E-state index is -1.27. The summed E-state index contributed by atoms with van der Waals surface area (Å²) in [5.41, 5.74) is -1.25. The molecule has 0 spiro atoms. The molecule has 0 saturated carbocycles. The molecule has 0 aliphatic carbocycles. The molecule has 0 aromatic rings. The van der Waals surface area contributed by atoms with E-state index in [2.05, 4.69) is 13.2 Å². The summed E-state index contributed by atoms with van der Waals surface area (Å²) in [5, 5.41) is 42.8. The van der Waals surface area contributed by atoms with Crippen LogP contribution in [0.1, 0.15) is 14.8 Å². The van der Waals surface area contributed by atoms with Gasteiger partial charge in [0.2, 0.25) is 0 Å². The Morgan fingerprint density at radius 1 is 1.04 bits per heavy atom. The molecule has 24 heavy (non-hydrogen) atoms. The molecule has 0 aromatic carbocycles. The predicted molar refractivity (Wildman–Crippen MR) is 79.6 cm³/mol. The number of ether oxygens (including phenoxy) is 1. The average molecular weight is 374 g/mol. The molecule has 0 saturated heterocycles. The maximum absolute atomic E-state index is 11.0. The van der Waals surface area contributed by atoms with Crippen molar-refractivity contribution in [3.63, 3.8) is 0 Å². The van der Waals surface area contributed by atoms with Crippen molar-refractivity contribution in [3.05, 3.63) is 24.3 Å². The van der Waals surface area contributed by atoms with E-state index in [0.717, 1.165) is 0 Å². The summed E-state index contributed by atoms with van der Waals surface area (Å²) in [6.45, 7) is 6.27. The molecule has 0 rings (SSSR count). The zero-order chi connectivity index (χ0) is 18.6. The van der Waals surface area contributed by atoms with Crippen LogP contribution in [0.5, 0.6) is 0 Å². The average Bonchev–Trinajstić information content (AvgIpc) is 2.48. The molecule has 0 fully saturated rings. The quantitative estimate of drug-likeness (QED) is 0.155. The maximum Gasteiger partial charge on any atom is 1.00 e. The second-order valence-corrected chi connectivity index (χ2v) is 4.81. The third kappa shape index (κ3) is 12.8. The fourth-order valence-corrected chi connectivity index (χ4v) is 0.887. The molecule has 0 unspecified atom stereocenters. The van der Waals surface area contributed by atoms with E-state index in [1.54, 1.807) is 0 Å². The number of esters is 1. The zero-order valence-electron chi connectivity index (χ0n) is 14.8. The number of carboxylic acid groups (broad SMARTS) is 2. The summed E-state index contributed by atoms with van der Waals surface area (Å²) >= 11 is 0. The summed E-state index contributed by atoms with van der Waals surface area (Å²) in [4.78, 5) is 30.6. The molecule has 0 bridgehead atoms. The third-order valence-corrected chi connectivity index (χ3v) is 2.53. The van der Waals surface area contributed by atoms with Crippen LogP contribution in [0.2, 0.25) is 0 Å². The zero-order valence-corrected chi connectivity index (χ0v) is 16.9. The fourth-order valence-electron chi connectivity index (χ4n) is 0.887. The van der Waals surface area contributed by atoms with Crippen molar-refractivity contribution in [1.29, 1.82) is 0 Å². The molecule has 0 aliphatic rings. The molecule has 0 aliphatic heterocycles. The summed E-state index contributed by atoms with van der Waals surface area (Å²) in [5.74, 6) is -3.05. The first-order chi connectivity index (χ1) is 10.5. The monoisotopic (exact) mass is 374 g/mol. The number of carboxylic acids is 2. The number of rotatable bonds is 9. The number of aliphatic hydroxyl groups is 3. The Morgan fingerprint density at radius 3 is 1.67 bits per heavy atom. The van der Waals surface area contributed by atoms with Gasteiger partial charge in [0.25, 0.3) is 0 Å². The van der Waals surface area contributed by atoms with Gasteiger partial charge in [-0.05, 0) is 6.92 Å². The van der Waals surface area contributed by atoms with Crippen LogP contribution in [-0.2, 0) is 19.1 Å². The summed E-state index contributed by atoms with van der Waals surface area (Å²) in [6.07, 6.45) is -0.505. The molecular weight excluding hydrogens is 351 g/mol. The Kier molecular flexibility index (Phi) is 17.3. The van der Waals surface area contributed by atoms with Crippen molar-refractivity contribution >= 4 is 17.9 Å². The first kappa shape index (κ1) is 28.2. The Morgan fingerprint density at radius 2 is 1.46 bits per heavy atom. The Labute approximate surface area is 183 Å². The van der Waals surface area contributed by atoms with Crippen molar-refractivity contribution in [3.8, 4) is 0 Å². The molecule has 9 nitrogen and oxygen atoms in total. The Hall–Kier alpha value is -0.594. The van der Waals surface area contributed by atoms with Crippen LogP contribution >= 0.6 is 0 Å².